The zero-order valence-electron chi connectivity index (χ0n) is 19.8. The number of halogens is 1. The van der Waals surface area contributed by atoms with E-state index in [1.807, 2.05) is 30.3 Å². The summed E-state index contributed by atoms with van der Waals surface area (Å²) in [6.45, 7) is 0. The molecule has 0 spiro atoms. The third kappa shape index (κ3) is 4.99. The number of fused-ring (bicyclic) bond motifs is 2. The standard InChI is InChI=1S/C28H23FN2O4S/c1-33-25-13-19-21(15-26(25)34-2)30-11-10-23(19)35-24-16-27-22(14-20(24)29)31-28(36-27)12-18(32)9-8-17-6-4-3-5-7-17/h3-7,10-11,13-16H,8-9,12H2,1-2H3. The van der Waals surface area contributed by atoms with Gasteiger partial charge in [0, 0.05) is 36.2 Å². The molecule has 0 N–H and O–H groups in total. The molecule has 182 valence electrons. The summed E-state index contributed by atoms with van der Waals surface area (Å²) in [5.74, 6) is 1.11. The Balaban J connectivity index is 1.37. The summed E-state index contributed by atoms with van der Waals surface area (Å²) in [5.41, 5.74) is 2.25. The normalized spacial score (nSPS) is 11.1. The summed E-state index contributed by atoms with van der Waals surface area (Å²) in [5, 5.41) is 1.31. The molecule has 0 aliphatic heterocycles. The molecule has 6 nitrogen and oxygen atoms in total. The molecule has 5 rings (SSSR count). The zero-order valence-corrected chi connectivity index (χ0v) is 20.6. The van der Waals surface area contributed by atoms with E-state index in [1.165, 1.54) is 17.4 Å². The van der Waals surface area contributed by atoms with E-state index in [0.29, 0.717) is 51.5 Å². The maximum absolute atomic E-state index is 15.0. The van der Waals surface area contributed by atoms with Crippen molar-refractivity contribution in [2.75, 3.05) is 14.2 Å². The van der Waals surface area contributed by atoms with Crippen LogP contribution in [-0.4, -0.2) is 30.0 Å². The van der Waals surface area contributed by atoms with Crippen molar-refractivity contribution in [1.82, 2.24) is 9.97 Å². The van der Waals surface area contributed by atoms with E-state index < -0.39 is 5.82 Å². The summed E-state index contributed by atoms with van der Waals surface area (Å²) in [7, 11) is 3.09. The number of carbonyl (C=O) groups excluding carboxylic acids is 1. The minimum absolute atomic E-state index is 0.0652. The van der Waals surface area contributed by atoms with Crippen molar-refractivity contribution < 1.29 is 23.4 Å². The van der Waals surface area contributed by atoms with Crippen molar-refractivity contribution in [3.63, 3.8) is 0 Å². The van der Waals surface area contributed by atoms with Gasteiger partial charge in [-0.15, -0.1) is 11.3 Å². The summed E-state index contributed by atoms with van der Waals surface area (Å²) < 4.78 is 32.4. The lowest BCUT2D eigenvalue weighted by Gasteiger charge is -2.12. The smallest absolute Gasteiger partial charge is 0.167 e. The Kier molecular flexibility index (Phi) is 6.77. The van der Waals surface area contributed by atoms with E-state index in [0.717, 1.165) is 10.3 Å². The zero-order chi connectivity index (χ0) is 25.1. The molecule has 0 saturated carbocycles. The van der Waals surface area contributed by atoms with E-state index in [4.69, 9.17) is 14.2 Å². The second-order valence-corrected chi connectivity index (χ2v) is 9.31. The van der Waals surface area contributed by atoms with Crippen molar-refractivity contribution in [3.05, 3.63) is 83.2 Å². The minimum atomic E-state index is -0.541. The van der Waals surface area contributed by atoms with Crippen LogP contribution in [0.2, 0.25) is 0 Å². The average molecular weight is 503 g/mol. The molecule has 8 heteroatoms. The van der Waals surface area contributed by atoms with E-state index >= 15 is 0 Å². The molecule has 0 saturated heterocycles. The molecule has 5 aromatic rings. The number of thiazole rings is 1. The van der Waals surface area contributed by atoms with Gasteiger partial charge in [-0.05, 0) is 24.1 Å². The number of pyridine rings is 1. The lowest BCUT2D eigenvalue weighted by molar-refractivity contribution is -0.118. The number of Topliss-reactive ketones (excluding diaryl/α,β-unsaturated/α-hetero) is 1. The quantitative estimate of drug-likeness (QED) is 0.228. The second-order valence-electron chi connectivity index (χ2n) is 8.19. The van der Waals surface area contributed by atoms with E-state index in [9.17, 15) is 9.18 Å². The summed E-state index contributed by atoms with van der Waals surface area (Å²) in [6.07, 6.45) is 2.94. The Labute approximate surface area is 211 Å². The highest BCUT2D eigenvalue weighted by Gasteiger charge is 2.16. The lowest BCUT2D eigenvalue weighted by Crippen LogP contribution is -2.03. The fourth-order valence-electron chi connectivity index (χ4n) is 3.97. The monoisotopic (exact) mass is 502 g/mol. The third-order valence-corrected chi connectivity index (χ3v) is 6.82. The number of nitrogens with zero attached hydrogens (tertiary/aromatic N) is 2. The maximum atomic E-state index is 15.0. The molecule has 0 bridgehead atoms. The van der Waals surface area contributed by atoms with Crippen LogP contribution in [0.25, 0.3) is 21.1 Å². The van der Waals surface area contributed by atoms with Crippen LogP contribution in [0.3, 0.4) is 0 Å². The van der Waals surface area contributed by atoms with Gasteiger partial charge in [-0.1, -0.05) is 30.3 Å². The van der Waals surface area contributed by atoms with Crippen LogP contribution in [-0.2, 0) is 17.6 Å². The Hall–Kier alpha value is -4.04. The minimum Gasteiger partial charge on any atom is -0.493 e. The first kappa shape index (κ1) is 23.7. The van der Waals surface area contributed by atoms with Gasteiger partial charge in [-0.3, -0.25) is 9.78 Å². The first-order valence-corrected chi connectivity index (χ1v) is 12.2. The van der Waals surface area contributed by atoms with Crippen LogP contribution < -0.4 is 14.2 Å². The Morgan fingerprint density at radius 1 is 0.917 bits per heavy atom. The number of carbonyl (C=O) groups is 1. The largest absolute Gasteiger partial charge is 0.493 e. The molecule has 0 unspecified atom stereocenters. The maximum Gasteiger partial charge on any atom is 0.167 e. The molecule has 0 aliphatic carbocycles. The van der Waals surface area contributed by atoms with Crippen molar-refractivity contribution in [3.8, 4) is 23.0 Å². The van der Waals surface area contributed by atoms with Crippen LogP contribution in [0.4, 0.5) is 4.39 Å². The first-order chi connectivity index (χ1) is 17.5. The first-order valence-electron chi connectivity index (χ1n) is 11.4. The molecule has 0 aliphatic rings. The number of ether oxygens (including phenoxy) is 3. The fraction of sp³-hybridized carbons (Fsp3) is 0.179. The molecule has 3 aromatic carbocycles. The van der Waals surface area contributed by atoms with Gasteiger partial charge in [-0.25, -0.2) is 9.37 Å². The number of rotatable bonds is 9. The molecule has 2 heterocycles. The highest BCUT2D eigenvalue weighted by Crippen LogP contribution is 2.38. The summed E-state index contributed by atoms with van der Waals surface area (Å²) >= 11 is 1.37. The average Bonchev–Trinajstić information content (AvgIpc) is 3.28. The number of hydrogen-bond acceptors (Lipinski definition) is 7. The van der Waals surface area contributed by atoms with Crippen molar-refractivity contribution in [1.29, 1.82) is 0 Å². The van der Waals surface area contributed by atoms with Crippen LogP contribution in [0.1, 0.15) is 17.0 Å². The van der Waals surface area contributed by atoms with Crippen molar-refractivity contribution in [2.24, 2.45) is 0 Å². The van der Waals surface area contributed by atoms with Gasteiger partial charge < -0.3 is 14.2 Å². The van der Waals surface area contributed by atoms with Gasteiger partial charge in [-0.2, -0.15) is 0 Å². The highest BCUT2D eigenvalue weighted by atomic mass is 32.1. The second kappa shape index (κ2) is 10.3. The van der Waals surface area contributed by atoms with Gasteiger partial charge >= 0.3 is 0 Å². The van der Waals surface area contributed by atoms with E-state index in [-0.39, 0.29) is 18.0 Å². The fourth-order valence-corrected chi connectivity index (χ4v) is 4.98. The molecule has 0 radical (unpaired) electrons. The number of benzene rings is 3. The van der Waals surface area contributed by atoms with Crippen LogP contribution in [0.15, 0.2) is 66.9 Å². The highest BCUT2D eigenvalue weighted by molar-refractivity contribution is 7.18. The number of hydrogen-bond donors (Lipinski definition) is 0. The Bertz CT molecular complexity index is 1550. The number of ketones is 1. The van der Waals surface area contributed by atoms with E-state index in [2.05, 4.69) is 9.97 Å². The topological polar surface area (TPSA) is 70.5 Å². The molecule has 0 atom stereocenters. The molecule has 0 amide bonds. The Morgan fingerprint density at radius 3 is 2.47 bits per heavy atom. The van der Waals surface area contributed by atoms with E-state index in [1.54, 1.807) is 44.7 Å². The van der Waals surface area contributed by atoms with Crippen LogP contribution in [0, 0.1) is 5.82 Å². The number of aromatic nitrogens is 2. The number of methoxy groups -OCH3 is 2. The van der Waals surface area contributed by atoms with Gasteiger partial charge in [0.05, 0.1) is 36.4 Å². The van der Waals surface area contributed by atoms with Gasteiger partial charge in [0.1, 0.15) is 16.5 Å². The Morgan fingerprint density at radius 2 is 1.69 bits per heavy atom. The third-order valence-electron chi connectivity index (χ3n) is 5.80. The molecular formula is C28H23FN2O4S. The van der Waals surface area contributed by atoms with Crippen molar-refractivity contribution in [2.45, 2.75) is 19.3 Å². The predicted molar refractivity (Wildman–Crippen MR) is 138 cm³/mol. The van der Waals surface area contributed by atoms with Crippen LogP contribution in [0.5, 0.6) is 23.0 Å². The lowest BCUT2D eigenvalue weighted by atomic mass is 10.1. The van der Waals surface area contributed by atoms with Gasteiger partial charge in [0.15, 0.2) is 23.1 Å². The summed E-state index contributed by atoms with van der Waals surface area (Å²) in [6, 6.07) is 18.0. The molecule has 2 aromatic heterocycles. The molecule has 0 fully saturated rings. The number of aryl methyl sites for hydroxylation is 1. The summed E-state index contributed by atoms with van der Waals surface area (Å²) in [4.78, 5) is 21.3. The van der Waals surface area contributed by atoms with Gasteiger partial charge in [0.25, 0.3) is 0 Å². The molecular weight excluding hydrogens is 479 g/mol. The predicted octanol–water partition coefficient (Wildman–Crippen LogP) is 6.54. The molecule has 36 heavy (non-hydrogen) atoms. The van der Waals surface area contributed by atoms with Gasteiger partial charge in [0.2, 0.25) is 0 Å². The van der Waals surface area contributed by atoms with Crippen molar-refractivity contribution >= 4 is 38.2 Å². The SMILES string of the molecule is COc1cc2nccc(Oc3cc4sc(CC(=O)CCc5ccccc5)nc4cc3F)c2cc1OC. The van der Waals surface area contributed by atoms with Crippen LogP contribution >= 0.6 is 11.3 Å².